The van der Waals surface area contributed by atoms with Gasteiger partial charge in [0.1, 0.15) is 5.75 Å². The fourth-order valence-corrected chi connectivity index (χ4v) is 1.63. The largest absolute Gasteiger partial charge is 0.438 e. The van der Waals surface area contributed by atoms with Gasteiger partial charge in [-0.15, -0.1) is 0 Å². The Morgan fingerprint density at radius 1 is 1.31 bits per heavy atom. The van der Waals surface area contributed by atoms with Gasteiger partial charge in [0.05, 0.1) is 4.47 Å². The van der Waals surface area contributed by atoms with Crippen LogP contribution in [0.3, 0.4) is 0 Å². The van der Waals surface area contributed by atoms with Gasteiger partial charge < -0.3 is 10.5 Å². The molecule has 0 aliphatic rings. The number of aromatic nitrogens is 1. The number of rotatable bonds is 2. The first-order valence-corrected chi connectivity index (χ1v) is 5.60. The first-order chi connectivity index (χ1) is 7.66. The maximum Gasteiger partial charge on any atom is 0.219 e. The Bertz CT molecular complexity index is 514. The molecule has 0 spiro atoms. The molecule has 0 radical (unpaired) electrons. The fraction of sp³-hybridized carbons (Fsp3) is 0.0833. The van der Waals surface area contributed by atoms with Crippen molar-refractivity contribution in [2.45, 2.75) is 6.92 Å². The monoisotopic (exact) mass is 278 g/mol. The number of halogens is 1. The Balaban J connectivity index is 2.31. The summed E-state index contributed by atoms with van der Waals surface area (Å²) in [6, 6.07) is 9.27. The summed E-state index contributed by atoms with van der Waals surface area (Å²) >= 11 is 3.38. The molecule has 0 aliphatic heterocycles. The number of nitrogen functional groups attached to an aromatic ring is 1. The molecule has 1 aromatic carbocycles. The van der Waals surface area contributed by atoms with Crippen molar-refractivity contribution in [2.75, 3.05) is 5.73 Å². The van der Waals surface area contributed by atoms with Crippen LogP contribution in [0.1, 0.15) is 5.56 Å². The highest BCUT2D eigenvalue weighted by molar-refractivity contribution is 9.10. The minimum atomic E-state index is 0.561. The summed E-state index contributed by atoms with van der Waals surface area (Å²) in [5.74, 6) is 1.23. The van der Waals surface area contributed by atoms with Crippen LogP contribution in [-0.2, 0) is 0 Å². The van der Waals surface area contributed by atoms with Gasteiger partial charge >= 0.3 is 0 Å². The quantitative estimate of drug-likeness (QED) is 0.855. The molecule has 0 aliphatic carbocycles. The number of pyridine rings is 1. The van der Waals surface area contributed by atoms with Gasteiger partial charge in [-0.05, 0) is 46.6 Å². The molecule has 16 heavy (non-hydrogen) atoms. The predicted molar refractivity (Wildman–Crippen MR) is 67.6 cm³/mol. The van der Waals surface area contributed by atoms with E-state index in [1.54, 1.807) is 12.3 Å². The molecule has 4 heteroatoms. The molecule has 3 nitrogen and oxygen atoms in total. The van der Waals surface area contributed by atoms with E-state index in [9.17, 15) is 0 Å². The van der Waals surface area contributed by atoms with Gasteiger partial charge in [0.2, 0.25) is 5.88 Å². The molecule has 0 saturated carbocycles. The average Bonchev–Trinajstić information content (AvgIpc) is 2.25. The van der Waals surface area contributed by atoms with Crippen LogP contribution in [0.2, 0.25) is 0 Å². The average molecular weight is 279 g/mol. The van der Waals surface area contributed by atoms with Crippen molar-refractivity contribution in [1.82, 2.24) is 4.98 Å². The van der Waals surface area contributed by atoms with Crippen molar-refractivity contribution in [3.05, 3.63) is 46.6 Å². The molecule has 0 amide bonds. The second-order valence-electron chi connectivity index (χ2n) is 3.43. The SMILES string of the molecule is Cc1ccnc(Oc2cccc(N)c2Br)c1. The summed E-state index contributed by atoms with van der Waals surface area (Å²) in [7, 11) is 0. The van der Waals surface area contributed by atoms with E-state index in [1.807, 2.05) is 31.2 Å². The number of benzene rings is 1. The van der Waals surface area contributed by atoms with Crippen molar-refractivity contribution in [1.29, 1.82) is 0 Å². The van der Waals surface area contributed by atoms with Crippen molar-refractivity contribution >= 4 is 21.6 Å². The number of nitrogens with two attached hydrogens (primary N) is 1. The second-order valence-corrected chi connectivity index (χ2v) is 4.23. The van der Waals surface area contributed by atoms with Gasteiger partial charge in [-0.3, -0.25) is 0 Å². The number of aryl methyl sites for hydroxylation is 1. The van der Waals surface area contributed by atoms with Gasteiger partial charge in [-0.2, -0.15) is 0 Å². The lowest BCUT2D eigenvalue weighted by molar-refractivity contribution is 0.460. The fourth-order valence-electron chi connectivity index (χ4n) is 1.28. The molecule has 82 valence electrons. The van der Waals surface area contributed by atoms with Gasteiger partial charge in [-0.25, -0.2) is 4.98 Å². The summed E-state index contributed by atoms with van der Waals surface area (Å²) in [5.41, 5.74) is 7.50. The third-order valence-corrected chi connectivity index (χ3v) is 2.95. The van der Waals surface area contributed by atoms with Crippen LogP contribution in [0.5, 0.6) is 11.6 Å². The molecule has 0 saturated heterocycles. The zero-order valence-corrected chi connectivity index (χ0v) is 10.4. The van der Waals surface area contributed by atoms with E-state index >= 15 is 0 Å². The van der Waals surface area contributed by atoms with E-state index in [-0.39, 0.29) is 0 Å². The van der Waals surface area contributed by atoms with Gasteiger partial charge in [0, 0.05) is 18.0 Å². The number of hydrogen-bond donors (Lipinski definition) is 1. The molecule has 1 heterocycles. The summed E-state index contributed by atoms with van der Waals surface area (Å²) in [5, 5.41) is 0. The molecular weight excluding hydrogens is 268 g/mol. The Labute approximate surface area is 102 Å². The van der Waals surface area contributed by atoms with Crippen LogP contribution in [0.4, 0.5) is 5.69 Å². The van der Waals surface area contributed by atoms with Crippen molar-refractivity contribution in [3.8, 4) is 11.6 Å². The van der Waals surface area contributed by atoms with Crippen molar-refractivity contribution in [3.63, 3.8) is 0 Å². The van der Waals surface area contributed by atoms with Crippen LogP contribution in [-0.4, -0.2) is 4.98 Å². The third-order valence-electron chi connectivity index (χ3n) is 2.10. The number of ether oxygens (including phenoxy) is 1. The minimum Gasteiger partial charge on any atom is -0.438 e. The lowest BCUT2D eigenvalue weighted by Crippen LogP contribution is -1.92. The molecule has 0 atom stereocenters. The van der Waals surface area contributed by atoms with Crippen LogP contribution >= 0.6 is 15.9 Å². The third kappa shape index (κ3) is 2.33. The molecule has 0 unspecified atom stereocenters. The summed E-state index contributed by atoms with van der Waals surface area (Å²) in [6.45, 7) is 1.99. The summed E-state index contributed by atoms with van der Waals surface area (Å²) in [4.78, 5) is 4.12. The zero-order valence-electron chi connectivity index (χ0n) is 8.77. The molecule has 0 fully saturated rings. The lowest BCUT2D eigenvalue weighted by atomic mass is 10.3. The highest BCUT2D eigenvalue weighted by Crippen LogP contribution is 2.33. The first kappa shape index (κ1) is 11.0. The van der Waals surface area contributed by atoms with Gasteiger partial charge in [0.15, 0.2) is 0 Å². The van der Waals surface area contributed by atoms with E-state index in [1.165, 1.54) is 0 Å². The van der Waals surface area contributed by atoms with Gasteiger partial charge in [0.25, 0.3) is 0 Å². The van der Waals surface area contributed by atoms with Crippen LogP contribution in [0.15, 0.2) is 41.0 Å². The maximum absolute atomic E-state index is 5.76. The molecule has 0 bridgehead atoms. The van der Waals surface area contributed by atoms with Crippen LogP contribution < -0.4 is 10.5 Å². The van der Waals surface area contributed by atoms with E-state index in [0.717, 1.165) is 10.0 Å². The topological polar surface area (TPSA) is 48.1 Å². The van der Waals surface area contributed by atoms with Crippen LogP contribution in [0.25, 0.3) is 0 Å². The molecule has 1 aromatic heterocycles. The predicted octanol–water partition coefficient (Wildman–Crippen LogP) is 3.53. The second kappa shape index (κ2) is 4.53. The maximum atomic E-state index is 5.76. The van der Waals surface area contributed by atoms with E-state index in [0.29, 0.717) is 17.3 Å². The van der Waals surface area contributed by atoms with Gasteiger partial charge in [-0.1, -0.05) is 6.07 Å². The smallest absolute Gasteiger partial charge is 0.219 e. The number of anilines is 1. The van der Waals surface area contributed by atoms with E-state index in [4.69, 9.17) is 10.5 Å². The van der Waals surface area contributed by atoms with Crippen LogP contribution in [0, 0.1) is 6.92 Å². The summed E-state index contributed by atoms with van der Waals surface area (Å²) in [6.07, 6.45) is 1.71. The molecular formula is C12H11BrN2O. The van der Waals surface area contributed by atoms with Crippen molar-refractivity contribution in [2.24, 2.45) is 0 Å². The first-order valence-electron chi connectivity index (χ1n) is 4.81. The Kier molecular flexibility index (Phi) is 3.10. The Morgan fingerprint density at radius 2 is 2.12 bits per heavy atom. The molecule has 2 N–H and O–H groups in total. The normalized spacial score (nSPS) is 10.1. The number of hydrogen-bond acceptors (Lipinski definition) is 3. The van der Waals surface area contributed by atoms with E-state index in [2.05, 4.69) is 20.9 Å². The highest BCUT2D eigenvalue weighted by Gasteiger charge is 2.05. The lowest BCUT2D eigenvalue weighted by Gasteiger charge is -2.08. The highest BCUT2D eigenvalue weighted by atomic mass is 79.9. The Hall–Kier alpha value is -1.55. The van der Waals surface area contributed by atoms with E-state index < -0.39 is 0 Å². The zero-order chi connectivity index (χ0) is 11.5. The number of nitrogens with zero attached hydrogens (tertiary/aromatic N) is 1. The standard InChI is InChI=1S/C12H11BrN2O/c1-8-5-6-15-11(7-8)16-10-4-2-3-9(14)12(10)13/h2-7H,14H2,1H3. The molecule has 2 rings (SSSR count). The summed E-state index contributed by atoms with van der Waals surface area (Å²) < 4.78 is 6.38. The Morgan fingerprint density at radius 3 is 2.88 bits per heavy atom. The van der Waals surface area contributed by atoms with Crippen molar-refractivity contribution < 1.29 is 4.74 Å². The molecule has 2 aromatic rings. The minimum absolute atomic E-state index is 0.561.